The largest absolute Gasteiger partial charge is 0.352 e. The Morgan fingerprint density at radius 1 is 1.37 bits per heavy atom. The summed E-state index contributed by atoms with van der Waals surface area (Å²) in [4.78, 5) is 19.8. The van der Waals surface area contributed by atoms with Gasteiger partial charge in [0.1, 0.15) is 5.82 Å². The van der Waals surface area contributed by atoms with Gasteiger partial charge in [-0.05, 0) is 13.0 Å². The fraction of sp³-hybridized carbons (Fsp3) is 0.500. The minimum Gasteiger partial charge on any atom is -0.352 e. The second kappa shape index (κ2) is 5.94. The van der Waals surface area contributed by atoms with E-state index in [2.05, 4.69) is 4.98 Å². The van der Waals surface area contributed by atoms with Crippen LogP contribution in [0.2, 0.25) is 10.0 Å². The molecule has 19 heavy (non-hydrogen) atoms. The second-order valence-electron chi connectivity index (χ2n) is 4.56. The van der Waals surface area contributed by atoms with E-state index < -0.39 is 6.04 Å². The van der Waals surface area contributed by atoms with Crippen LogP contribution in [0, 0.1) is 0 Å². The molecule has 1 fully saturated rings. The molecule has 1 aliphatic rings. The van der Waals surface area contributed by atoms with Crippen LogP contribution in [-0.2, 0) is 4.79 Å². The summed E-state index contributed by atoms with van der Waals surface area (Å²) in [5, 5.41) is 1.04. The monoisotopic (exact) mass is 302 g/mol. The number of rotatable bonds is 2. The van der Waals surface area contributed by atoms with E-state index in [0.717, 1.165) is 0 Å². The Balaban J connectivity index is 2.02. The van der Waals surface area contributed by atoms with E-state index >= 15 is 0 Å². The first-order chi connectivity index (χ1) is 8.99. The zero-order chi connectivity index (χ0) is 14.0. The van der Waals surface area contributed by atoms with Crippen LogP contribution in [0.5, 0.6) is 0 Å². The van der Waals surface area contributed by atoms with E-state index in [-0.39, 0.29) is 5.91 Å². The number of anilines is 1. The van der Waals surface area contributed by atoms with E-state index in [1.165, 1.54) is 0 Å². The highest BCUT2D eigenvalue weighted by atomic mass is 35.5. The lowest BCUT2D eigenvalue weighted by Crippen LogP contribution is -2.52. The summed E-state index contributed by atoms with van der Waals surface area (Å²) in [5.74, 6) is 0.689. The van der Waals surface area contributed by atoms with Gasteiger partial charge in [0.05, 0.1) is 16.1 Å². The molecule has 0 aliphatic carbocycles. The molecule has 0 radical (unpaired) electrons. The van der Waals surface area contributed by atoms with Crippen LogP contribution < -0.4 is 10.6 Å². The lowest BCUT2D eigenvalue weighted by atomic mass is 10.2. The standard InChI is InChI=1S/C12H16Cl2N4O/c1-8(15)12(19)18-4-2-17(3-5-18)11-10(14)6-9(13)7-16-11/h6-8H,2-5,15H2,1H3/t8-/m1/s1. The molecule has 1 amide bonds. The van der Waals surface area contributed by atoms with Gasteiger partial charge in [-0.2, -0.15) is 0 Å². The third kappa shape index (κ3) is 3.29. The second-order valence-corrected chi connectivity index (χ2v) is 5.40. The Hall–Kier alpha value is -1.04. The first-order valence-corrected chi connectivity index (χ1v) is 6.85. The molecular formula is C12H16Cl2N4O. The zero-order valence-corrected chi connectivity index (χ0v) is 12.2. The van der Waals surface area contributed by atoms with Crippen molar-refractivity contribution in [2.24, 2.45) is 5.73 Å². The van der Waals surface area contributed by atoms with Crippen molar-refractivity contribution in [2.75, 3.05) is 31.1 Å². The third-order valence-electron chi connectivity index (χ3n) is 3.07. The SMILES string of the molecule is C[C@@H](N)C(=O)N1CCN(c2ncc(Cl)cc2Cl)CC1. The quantitative estimate of drug-likeness (QED) is 0.896. The molecule has 0 spiro atoms. The molecule has 0 aromatic carbocycles. The number of nitrogens with zero attached hydrogens (tertiary/aromatic N) is 3. The van der Waals surface area contributed by atoms with Crippen LogP contribution in [0.1, 0.15) is 6.92 Å². The average molecular weight is 303 g/mol. The van der Waals surface area contributed by atoms with E-state index in [1.807, 2.05) is 4.90 Å². The molecule has 1 aromatic rings. The smallest absolute Gasteiger partial charge is 0.239 e. The van der Waals surface area contributed by atoms with Crippen molar-refractivity contribution in [2.45, 2.75) is 13.0 Å². The number of hydrogen-bond acceptors (Lipinski definition) is 4. The van der Waals surface area contributed by atoms with Gasteiger partial charge in [0.2, 0.25) is 5.91 Å². The maximum absolute atomic E-state index is 11.8. The van der Waals surface area contributed by atoms with Crippen LogP contribution >= 0.6 is 23.2 Å². The number of carbonyl (C=O) groups is 1. The first kappa shape index (κ1) is 14.4. The number of hydrogen-bond donors (Lipinski definition) is 1. The highest BCUT2D eigenvalue weighted by Crippen LogP contribution is 2.26. The van der Waals surface area contributed by atoms with Crippen molar-refractivity contribution in [1.82, 2.24) is 9.88 Å². The molecule has 1 aliphatic heterocycles. The number of pyridine rings is 1. The number of carbonyl (C=O) groups excluding carboxylic acids is 1. The zero-order valence-electron chi connectivity index (χ0n) is 10.6. The minimum absolute atomic E-state index is 0.0187. The van der Waals surface area contributed by atoms with Gasteiger partial charge in [-0.15, -0.1) is 0 Å². The molecule has 0 saturated carbocycles. The van der Waals surface area contributed by atoms with Crippen LogP contribution in [-0.4, -0.2) is 48.0 Å². The van der Waals surface area contributed by atoms with Crippen molar-refractivity contribution in [3.05, 3.63) is 22.3 Å². The van der Waals surface area contributed by atoms with Crippen LogP contribution in [0.3, 0.4) is 0 Å². The summed E-state index contributed by atoms with van der Waals surface area (Å²) in [6.07, 6.45) is 1.57. The summed E-state index contributed by atoms with van der Waals surface area (Å²) < 4.78 is 0. The molecule has 7 heteroatoms. The van der Waals surface area contributed by atoms with Gasteiger partial charge in [-0.3, -0.25) is 4.79 Å². The van der Waals surface area contributed by atoms with E-state index in [0.29, 0.717) is 42.0 Å². The maximum Gasteiger partial charge on any atom is 0.239 e. The van der Waals surface area contributed by atoms with Gasteiger partial charge in [-0.25, -0.2) is 4.98 Å². The van der Waals surface area contributed by atoms with Crippen LogP contribution in [0.15, 0.2) is 12.3 Å². The van der Waals surface area contributed by atoms with Gasteiger partial charge >= 0.3 is 0 Å². The van der Waals surface area contributed by atoms with Gasteiger partial charge in [-0.1, -0.05) is 23.2 Å². The molecule has 2 rings (SSSR count). The Kier molecular flexibility index (Phi) is 4.50. The van der Waals surface area contributed by atoms with Crippen molar-refractivity contribution >= 4 is 34.9 Å². The van der Waals surface area contributed by atoms with E-state index in [4.69, 9.17) is 28.9 Å². The number of halogens is 2. The van der Waals surface area contributed by atoms with E-state index in [9.17, 15) is 4.79 Å². The van der Waals surface area contributed by atoms with Gasteiger partial charge in [0, 0.05) is 32.4 Å². The van der Waals surface area contributed by atoms with Crippen molar-refractivity contribution in [1.29, 1.82) is 0 Å². The van der Waals surface area contributed by atoms with Gasteiger partial charge in [0.15, 0.2) is 0 Å². The fourth-order valence-corrected chi connectivity index (χ4v) is 2.57. The lowest BCUT2D eigenvalue weighted by molar-refractivity contribution is -0.132. The molecule has 0 unspecified atom stereocenters. The summed E-state index contributed by atoms with van der Waals surface area (Å²) in [5.41, 5.74) is 5.60. The highest BCUT2D eigenvalue weighted by molar-refractivity contribution is 6.36. The van der Waals surface area contributed by atoms with Gasteiger partial charge in [0.25, 0.3) is 0 Å². The Morgan fingerprint density at radius 2 is 2.00 bits per heavy atom. The molecule has 1 aromatic heterocycles. The lowest BCUT2D eigenvalue weighted by Gasteiger charge is -2.36. The Morgan fingerprint density at radius 3 is 2.53 bits per heavy atom. The highest BCUT2D eigenvalue weighted by Gasteiger charge is 2.24. The predicted octanol–water partition coefficient (Wildman–Crippen LogP) is 1.38. The molecule has 104 valence electrons. The first-order valence-electron chi connectivity index (χ1n) is 6.09. The number of aromatic nitrogens is 1. The van der Waals surface area contributed by atoms with Crippen LogP contribution in [0.25, 0.3) is 0 Å². The number of nitrogens with two attached hydrogens (primary N) is 1. The van der Waals surface area contributed by atoms with Crippen molar-refractivity contribution < 1.29 is 4.79 Å². The summed E-state index contributed by atoms with van der Waals surface area (Å²) in [7, 11) is 0. The Labute approximate surface area is 122 Å². The summed E-state index contributed by atoms with van der Waals surface area (Å²) in [6.45, 7) is 4.33. The maximum atomic E-state index is 11.8. The molecule has 2 N–H and O–H groups in total. The van der Waals surface area contributed by atoms with Crippen molar-refractivity contribution in [3.63, 3.8) is 0 Å². The average Bonchev–Trinajstić information content (AvgIpc) is 2.38. The molecule has 0 bridgehead atoms. The van der Waals surface area contributed by atoms with E-state index in [1.54, 1.807) is 24.1 Å². The minimum atomic E-state index is -0.455. The third-order valence-corrected chi connectivity index (χ3v) is 3.55. The molecule has 1 atom stereocenters. The number of piperazine rings is 1. The topological polar surface area (TPSA) is 62.5 Å². The van der Waals surface area contributed by atoms with Gasteiger partial charge < -0.3 is 15.5 Å². The summed E-state index contributed by atoms with van der Waals surface area (Å²) in [6, 6.07) is 1.22. The molecular weight excluding hydrogens is 287 g/mol. The molecule has 1 saturated heterocycles. The Bertz CT molecular complexity index is 473. The normalized spacial score (nSPS) is 17.5. The van der Waals surface area contributed by atoms with Crippen LogP contribution in [0.4, 0.5) is 5.82 Å². The number of amides is 1. The molecule has 5 nitrogen and oxygen atoms in total. The molecule has 2 heterocycles. The summed E-state index contributed by atoms with van der Waals surface area (Å²) >= 11 is 11.9. The predicted molar refractivity (Wildman–Crippen MR) is 76.7 cm³/mol. The van der Waals surface area contributed by atoms with Crippen molar-refractivity contribution in [3.8, 4) is 0 Å². The fourth-order valence-electron chi connectivity index (χ4n) is 2.07.